The molecule has 0 aromatic heterocycles. The number of carbonyl (C=O) groups excluding carboxylic acids is 2. The zero-order chi connectivity index (χ0) is 17.9. The van der Waals surface area contributed by atoms with Crippen LogP contribution in [0.2, 0.25) is 0 Å². The van der Waals surface area contributed by atoms with Crippen LogP contribution in [0.25, 0.3) is 0 Å². The highest BCUT2D eigenvalue weighted by Gasteiger charge is 2.26. The van der Waals surface area contributed by atoms with Gasteiger partial charge in [0, 0.05) is 38.8 Å². The van der Waals surface area contributed by atoms with Crippen LogP contribution in [-0.4, -0.2) is 53.8 Å². The van der Waals surface area contributed by atoms with E-state index in [1.165, 1.54) is 5.56 Å². The minimum absolute atomic E-state index is 0.00483. The second-order valence-corrected chi connectivity index (χ2v) is 7.53. The largest absolute Gasteiger partial charge is 0.340 e. The lowest BCUT2D eigenvalue weighted by Crippen LogP contribution is -2.53. The van der Waals surface area contributed by atoms with E-state index in [4.69, 9.17) is 0 Å². The van der Waals surface area contributed by atoms with Gasteiger partial charge in [0.2, 0.25) is 11.8 Å². The van der Waals surface area contributed by atoms with E-state index >= 15 is 0 Å². The number of benzene rings is 1. The number of nitrogens with zero attached hydrogens (tertiary/aromatic N) is 2. The van der Waals surface area contributed by atoms with Crippen molar-refractivity contribution in [1.82, 2.24) is 9.80 Å². The molecule has 132 valence electrons. The first-order valence-electron chi connectivity index (χ1n) is 8.59. The molecule has 0 saturated carbocycles. The Bertz CT molecular complexity index is 582. The van der Waals surface area contributed by atoms with Crippen LogP contribution in [0.1, 0.15) is 40.2 Å². The van der Waals surface area contributed by atoms with Crippen LogP contribution in [0, 0.1) is 0 Å². The third-order valence-electron chi connectivity index (χ3n) is 4.71. The molecular weight excluding hydrogens is 302 g/mol. The summed E-state index contributed by atoms with van der Waals surface area (Å²) in [5.41, 5.74) is 2.17. The summed E-state index contributed by atoms with van der Waals surface area (Å²) in [6.45, 7) is 12.9. The van der Waals surface area contributed by atoms with E-state index in [2.05, 4.69) is 43.1 Å². The van der Waals surface area contributed by atoms with Crippen LogP contribution in [0.3, 0.4) is 0 Å². The van der Waals surface area contributed by atoms with Gasteiger partial charge in [-0.25, -0.2) is 0 Å². The normalized spacial score (nSPS) is 17.5. The molecule has 0 aliphatic carbocycles. The molecule has 1 fully saturated rings. The van der Waals surface area contributed by atoms with Crippen molar-refractivity contribution in [2.45, 2.75) is 46.1 Å². The van der Waals surface area contributed by atoms with Crippen LogP contribution in [0.4, 0.5) is 5.69 Å². The first-order chi connectivity index (χ1) is 11.2. The van der Waals surface area contributed by atoms with Gasteiger partial charge in [-0.05, 0) is 30.0 Å². The molecule has 1 atom stereocenters. The summed E-state index contributed by atoms with van der Waals surface area (Å²) in [5.74, 6) is 0.0977. The van der Waals surface area contributed by atoms with E-state index in [9.17, 15) is 9.59 Å². The smallest absolute Gasteiger partial charge is 0.241 e. The predicted octanol–water partition coefficient (Wildman–Crippen LogP) is 2.48. The zero-order valence-corrected chi connectivity index (χ0v) is 15.4. The van der Waals surface area contributed by atoms with E-state index < -0.39 is 0 Å². The summed E-state index contributed by atoms with van der Waals surface area (Å²) >= 11 is 0. The van der Waals surface area contributed by atoms with Gasteiger partial charge in [-0.3, -0.25) is 14.5 Å². The minimum atomic E-state index is -0.207. The Balaban J connectivity index is 1.91. The summed E-state index contributed by atoms with van der Waals surface area (Å²) in [6, 6.07) is 7.83. The highest BCUT2D eigenvalue weighted by molar-refractivity contribution is 5.94. The number of anilines is 1. The molecule has 1 aromatic carbocycles. The van der Waals surface area contributed by atoms with Crippen molar-refractivity contribution in [3.63, 3.8) is 0 Å². The first-order valence-corrected chi connectivity index (χ1v) is 8.59. The second-order valence-electron chi connectivity index (χ2n) is 7.53. The Morgan fingerprint density at radius 1 is 1.04 bits per heavy atom. The molecule has 2 amide bonds. The van der Waals surface area contributed by atoms with Crippen LogP contribution >= 0.6 is 0 Å². The van der Waals surface area contributed by atoms with E-state index in [0.29, 0.717) is 13.1 Å². The number of nitrogens with one attached hydrogen (secondary N) is 1. The van der Waals surface area contributed by atoms with Gasteiger partial charge in [0.15, 0.2) is 0 Å². The standard InChI is InChI=1S/C19H29N3O2/c1-14(21-10-12-22(13-11-21)15(2)23)18(24)20-17-8-6-16(7-9-17)19(3,4)5/h6-9,14H,10-13H2,1-5H3,(H,20,24). The lowest BCUT2D eigenvalue weighted by molar-refractivity contribution is -0.131. The molecule has 24 heavy (non-hydrogen) atoms. The number of piperazine rings is 1. The highest BCUT2D eigenvalue weighted by Crippen LogP contribution is 2.23. The van der Waals surface area contributed by atoms with Crippen molar-refractivity contribution < 1.29 is 9.59 Å². The van der Waals surface area contributed by atoms with E-state index in [0.717, 1.165) is 18.8 Å². The molecule has 1 unspecified atom stereocenters. The molecule has 1 aliphatic heterocycles. The SMILES string of the molecule is CC(=O)N1CCN(C(C)C(=O)Nc2ccc(C(C)(C)C)cc2)CC1. The van der Waals surface area contributed by atoms with Gasteiger partial charge in [-0.15, -0.1) is 0 Å². The van der Waals surface area contributed by atoms with Crippen molar-refractivity contribution in [3.05, 3.63) is 29.8 Å². The Kier molecular flexibility index (Phi) is 5.65. The van der Waals surface area contributed by atoms with Crippen molar-refractivity contribution >= 4 is 17.5 Å². The minimum Gasteiger partial charge on any atom is -0.340 e. The Morgan fingerprint density at radius 3 is 2.04 bits per heavy atom. The molecule has 1 saturated heterocycles. The summed E-state index contributed by atoms with van der Waals surface area (Å²) in [7, 11) is 0. The van der Waals surface area contributed by atoms with E-state index in [1.807, 2.05) is 24.0 Å². The lowest BCUT2D eigenvalue weighted by Gasteiger charge is -2.37. The Labute approximate surface area is 145 Å². The first kappa shape index (κ1) is 18.5. The maximum Gasteiger partial charge on any atom is 0.241 e. The van der Waals surface area contributed by atoms with Crippen molar-refractivity contribution in [2.24, 2.45) is 0 Å². The topological polar surface area (TPSA) is 52.7 Å². The van der Waals surface area contributed by atoms with Gasteiger partial charge in [0.1, 0.15) is 0 Å². The van der Waals surface area contributed by atoms with E-state index in [-0.39, 0.29) is 23.3 Å². The fourth-order valence-corrected chi connectivity index (χ4v) is 2.89. The van der Waals surface area contributed by atoms with Gasteiger partial charge >= 0.3 is 0 Å². The Morgan fingerprint density at radius 2 is 1.58 bits per heavy atom. The average molecular weight is 331 g/mol. The maximum atomic E-state index is 12.5. The molecule has 1 N–H and O–H groups in total. The molecule has 1 aliphatic rings. The highest BCUT2D eigenvalue weighted by atomic mass is 16.2. The summed E-state index contributed by atoms with van der Waals surface area (Å²) in [5, 5.41) is 2.99. The van der Waals surface area contributed by atoms with Gasteiger partial charge < -0.3 is 10.2 Å². The van der Waals surface area contributed by atoms with Gasteiger partial charge in [0.05, 0.1) is 6.04 Å². The van der Waals surface area contributed by atoms with Crippen molar-refractivity contribution in [2.75, 3.05) is 31.5 Å². The predicted molar refractivity (Wildman–Crippen MR) is 97.1 cm³/mol. The third kappa shape index (κ3) is 4.57. The number of rotatable bonds is 3. The molecule has 0 radical (unpaired) electrons. The fourth-order valence-electron chi connectivity index (χ4n) is 2.89. The molecule has 1 heterocycles. The number of amides is 2. The molecule has 5 nitrogen and oxygen atoms in total. The molecule has 0 bridgehead atoms. The summed E-state index contributed by atoms with van der Waals surface area (Å²) in [4.78, 5) is 27.8. The van der Waals surface area contributed by atoms with Crippen LogP contribution in [0.15, 0.2) is 24.3 Å². The van der Waals surface area contributed by atoms with Gasteiger partial charge in [-0.2, -0.15) is 0 Å². The second kappa shape index (κ2) is 7.34. The lowest BCUT2D eigenvalue weighted by atomic mass is 9.87. The quantitative estimate of drug-likeness (QED) is 0.926. The Hall–Kier alpha value is -1.88. The molecule has 0 spiro atoms. The summed E-state index contributed by atoms with van der Waals surface area (Å²) in [6.07, 6.45) is 0. The number of hydrogen-bond acceptors (Lipinski definition) is 3. The molecule has 1 aromatic rings. The number of hydrogen-bond donors (Lipinski definition) is 1. The molecule has 5 heteroatoms. The van der Waals surface area contributed by atoms with E-state index in [1.54, 1.807) is 6.92 Å². The van der Waals surface area contributed by atoms with Crippen LogP contribution < -0.4 is 5.32 Å². The number of carbonyl (C=O) groups is 2. The third-order valence-corrected chi connectivity index (χ3v) is 4.71. The molecule has 2 rings (SSSR count). The van der Waals surface area contributed by atoms with Crippen molar-refractivity contribution in [1.29, 1.82) is 0 Å². The van der Waals surface area contributed by atoms with Crippen LogP contribution in [-0.2, 0) is 15.0 Å². The van der Waals surface area contributed by atoms with Crippen molar-refractivity contribution in [3.8, 4) is 0 Å². The monoisotopic (exact) mass is 331 g/mol. The maximum absolute atomic E-state index is 12.5. The fraction of sp³-hybridized carbons (Fsp3) is 0.579. The zero-order valence-electron chi connectivity index (χ0n) is 15.4. The average Bonchev–Trinajstić information content (AvgIpc) is 2.54. The summed E-state index contributed by atoms with van der Waals surface area (Å²) < 4.78 is 0. The van der Waals surface area contributed by atoms with Crippen LogP contribution in [0.5, 0.6) is 0 Å². The van der Waals surface area contributed by atoms with Gasteiger partial charge in [0.25, 0.3) is 0 Å². The van der Waals surface area contributed by atoms with Gasteiger partial charge in [-0.1, -0.05) is 32.9 Å². The molecular formula is C19H29N3O2.